The zero-order valence-electron chi connectivity index (χ0n) is 9.84. The smallest absolute Gasteiger partial charge is 0.306 e. The second-order valence-electron chi connectivity index (χ2n) is 3.90. The largest absolute Gasteiger partial charge is 0.463 e. The standard InChI is InChI=1S/C7H16.C5H8O2/c1-3-5-7-6-4-2;1-4-2-3-5(6)7-4/h3-7H2,1-2H3;4H,2-3H2,1H3. The van der Waals surface area contributed by atoms with Crippen molar-refractivity contribution in [1.82, 2.24) is 0 Å². The normalized spacial score (nSPS) is 19.9. The van der Waals surface area contributed by atoms with Gasteiger partial charge in [0.2, 0.25) is 0 Å². The minimum Gasteiger partial charge on any atom is -0.463 e. The summed E-state index contributed by atoms with van der Waals surface area (Å²) in [7, 11) is 0. The molecule has 0 aromatic carbocycles. The Hall–Kier alpha value is -0.530. The van der Waals surface area contributed by atoms with Crippen LogP contribution in [0.2, 0.25) is 0 Å². The Morgan fingerprint density at radius 2 is 1.79 bits per heavy atom. The van der Waals surface area contributed by atoms with Crippen molar-refractivity contribution in [3.63, 3.8) is 0 Å². The van der Waals surface area contributed by atoms with Crippen molar-refractivity contribution in [2.75, 3.05) is 0 Å². The SMILES string of the molecule is CC1CCC(=O)O1.CCCCCCC. The molecular formula is C12H24O2. The van der Waals surface area contributed by atoms with Gasteiger partial charge in [0.25, 0.3) is 0 Å². The van der Waals surface area contributed by atoms with Crippen LogP contribution in [-0.4, -0.2) is 12.1 Å². The lowest BCUT2D eigenvalue weighted by Crippen LogP contribution is -1.98. The summed E-state index contributed by atoms with van der Waals surface area (Å²) in [6, 6.07) is 0. The van der Waals surface area contributed by atoms with Gasteiger partial charge in [0.05, 0.1) is 6.10 Å². The molecule has 0 N–H and O–H groups in total. The number of hydrogen-bond donors (Lipinski definition) is 0. The maximum absolute atomic E-state index is 10.2. The van der Waals surface area contributed by atoms with E-state index < -0.39 is 0 Å². The fourth-order valence-electron chi connectivity index (χ4n) is 1.34. The lowest BCUT2D eigenvalue weighted by molar-refractivity contribution is -0.140. The first-order valence-corrected chi connectivity index (χ1v) is 5.90. The van der Waals surface area contributed by atoms with Crippen molar-refractivity contribution < 1.29 is 9.53 Å². The molecule has 0 bridgehead atoms. The first-order chi connectivity index (χ1) is 6.70. The molecule has 2 nitrogen and oxygen atoms in total. The molecule has 0 spiro atoms. The monoisotopic (exact) mass is 200 g/mol. The molecule has 84 valence electrons. The molecule has 1 atom stereocenters. The first-order valence-electron chi connectivity index (χ1n) is 5.90. The highest BCUT2D eigenvalue weighted by Gasteiger charge is 2.17. The second-order valence-corrected chi connectivity index (χ2v) is 3.90. The predicted octanol–water partition coefficient (Wildman–Crippen LogP) is 3.69. The van der Waals surface area contributed by atoms with E-state index in [2.05, 4.69) is 13.8 Å². The average Bonchev–Trinajstić information content (AvgIpc) is 2.52. The molecule has 0 aromatic heterocycles. The molecule has 0 amide bonds. The first kappa shape index (κ1) is 13.5. The third-order valence-corrected chi connectivity index (χ3v) is 2.29. The van der Waals surface area contributed by atoms with Gasteiger partial charge in [-0.15, -0.1) is 0 Å². The van der Waals surface area contributed by atoms with Gasteiger partial charge >= 0.3 is 5.97 Å². The van der Waals surface area contributed by atoms with Crippen LogP contribution >= 0.6 is 0 Å². The molecule has 2 heteroatoms. The molecule has 0 aromatic rings. The summed E-state index contributed by atoms with van der Waals surface area (Å²) in [5, 5.41) is 0. The molecule has 1 aliphatic heterocycles. The highest BCUT2D eigenvalue weighted by atomic mass is 16.5. The quantitative estimate of drug-likeness (QED) is 0.511. The molecular weight excluding hydrogens is 176 g/mol. The zero-order chi connectivity index (χ0) is 10.8. The van der Waals surface area contributed by atoms with Gasteiger partial charge in [0.1, 0.15) is 0 Å². The minimum atomic E-state index is -0.0486. The molecule has 1 saturated heterocycles. The Bertz CT molecular complexity index is 139. The molecule has 0 saturated carbocycles. The molecule has 0 aliphatic carbocycles. The number of hydrogen-bond acceptors (Lipinski definition) is 2. The van der Waals surface area contributed by atoms with Gasteiger partial charge in [-0.2, -0.15) is 0 Å². The Labute approximate surface area is 88.0 Å². The minimum absolute atomic E-state index is 0.0486. The summed E-state index contributed by atoms with van der Waals surface area (Å²) < 4.78 is 4.72. The van der Waals surface area contributed by atoms with E-state index in [1.165, 1.54) is 32.1 Å². The van der Waals surface area contributed by atoms with Gasteiger partial charge in [-0.05, 0) is 13.3 Å². The lowest BCUT2D eigenvalue weighted by atomic mass is 10.2. The molecule has 1 rings (SSSR count). The van der Waals surface area contributed by atoms with Crippen LogP contribution < -0.4 is 0 Å². The van der Waals surface area contributed by atoms with Crippen LogP contribution in [-0.2, 0) is 9.53 Å². The number of carbonyl (C=O) groups excluding carboxylic acids is 1. The Morgan fingerprint density at radius 1 is 1.21 bits per heavy atom. The summed E-state index contributed by atoms with van der Waals surface area (Å²) in [5.74, 6) is -0.0486. The number of cyclic esters (lactones) is 1. The number of rotatable bonds is 4. The van der Waals surface area contributed by atoms with Crippen LogP contribution in [0.4, 0.5) is 0 Å². The predicted molar refractivity (Wildman–Crippen MR) is 59.2 cm³/mol. The van der Waals surface area contributed by atoms with Crippen molar-refractivity contribution in [2.45, 2.75) is 71.8 Å². The van der Waals surface area contributed by atoms with Crippen LogP contribution in [0.1, 0.15) is 65.7 Å². The van der Waals surface area contributed by atoms with E-state index in [4.69, 9.17) is 4.74 Å². The maximum atomic E-state index is 10.2. The topological polar surface area (TPSA) is 26.3 Å². The Balaban J connectivity index is 0.000000241. The van der Waals surface area contributed by atoms with E-state index in [-0.39, 0.29) is 12.1 Å². The summed E-state index contributed by atoms with van der Waals surface area (Å²) in [4.78, 5) is 10.2. The van der Waals surface area contributed by atoms with Crippen molar-refractivity contribution in [3.8, 4) is 0 Å². The second kappa shape index (κ2) is 9.04. The van der Waals surface area contributed by atoms with Crippen molar-refractivity contribution >= 4 is 5.97 Å². The molecule has 14 heavy (non-hydrogen) atoms. The van der Waals surface area contributed by atoms with Gasteiger partial charge in [0, 0.05) is 6.42 Å². The summed E-state index contributed by atoms with van der Waals surface area (Å²) in [6.45, 7) is 6.40. The fourth-order valence-corrected chi connectivity index (χ4v) is 1.34. The third-order valence-electron chi connectivity index (χ3n) is 2.29. The molecule has 0 radical (unpaired) electrons. The lowest BCUT2D eigenvalue weighted by Gasteiger charge is -1.95. The fraction of sp³-hybridized carbons (Fsp3) is 0.917. The van der Waals surface area contributed by atoms with E-state index in [1.54, 1.807) is 0 Å². The number of esters is 1. The van der Waals surface area contributed by atoms with E-state index in [0.717, 1.165) is 6.42 Å². The van der Waals surface area contributed by atoms with E-state index in [9.17, 15) is 4.79 Å². The highest BCUT2D eigenvalue weighted by Crippen LogP contribution is 2.11. The Kier molecular flexibility index (Phi) is 8.70. The van der Waals surface area contributed by atoms with Crippen molar-refractivity contribution in [1.29, 1.82) is 0 Å². The van der Waals surface area contributed by atoms with Crippen LogP contribution in [0.3, 0.4) is 0 Å². The average molecular weight is 200 g/mol. The van der Waals surface area contributed by atoms with Gasteiger partial charge in [-0.1, -0.05) is 46.0 Å². The van der Waals surface area contributed by atoms with Crippen LogP contribution in [0.25, 0.3) is 0 Å². The number of ether oxygens (including phenoxy) is 1. The van der Waals surface area contributed by atoms with Crippen LogP contribution in [0.5, 0.6) is 0 Å². The van der Waals surface area contributed by atoms with E-state index in [0.29, 0.717) is 6.42 Å². The van der Waals surface area contributed by atoms with E-state index >= 15 is 0 Å². The van der Waals surface area contributed by atoms with Gasteiger partial charge in [-0.25, -0.2) is 0 Å². The van der Waals surface area contributed by atoms with Gasteiger partial charge < -0.3 is 4.74 Å². The molecule has 1 unspecified atom stereocenters. The van der Waals surface area contributed by atoms with Crippen molar-refractivity contribution in [2.24, 2.45) is 0 Å². The molecule has 1 fully saturated rings. The molecule has 1 aliphatic rings. The van der Waals surface area contributed by atoms with Gasteiger partial charge in [0.15, 0.2) is 0 Å². The highest BCUT2D eigenvalue weighted by molar-refractivity contribution is 5.71. The zero-order valence-corrected chi connectivity index (χ0v) is 9.84. The number of carbonyl (C=O) groups is 1. The van der Waals surface area contributed by atoms with Crippen molar-refractivity contribution in [3.05, 3.63) is 0 Å². The summed E-state index contributed by atoms with van der Waals surface area (Å²) in [5.41, 5.74) is 0. The third kappa shape index (κ3) is 8.09. The number of unbranched alkanes of at least 4 members (excludes halogenated alkanes) is 4. The summed E-state index contributed by atoms with van der Waals surface area (Å²) in [6.07, 6.45) is 8.70. The van der Waals surface area contributed by atoms with E-state index in [1.807, 2.05) is 6.92 Å². The van der Waals surface area contributed by atoms with Crippen LogP contribution in [0, 0.1) is 0 Å². The molecule has 1 heterocycles. The van der Waals surface area contributed by atoms with Gasteiger partial charge in [-0.3, -0.25) is 4.79 Å². The maximum Gasteiger partial charge on any atom is 0.306 e. The summed E-state index contributed by atoms with van der Waals surface area (Å²) >= 11 is 0. The Morgan fingerprint density at radius 3 is 2.00 bits per heavy atom. The van der Waals surface area contributed by atoms with Crippen LogP contribution in [0.15, 0.2) is 0 Å².